The summed E-state index contributed by atoms with van der Waals surface area (Å²) in [4.78, 5) is 12.1. The smallest absolute Gasteiger partial charge is 0.215 e. The van der Waals surface area contributed by atoms with E-state index in [1.54, 1.807) is 6.07 Å². The zero-order valence-corrected chi connectivity index (χ0v) is 9.44. The van der Waals surface area contributed by atoms with E-state index in [1.165, 1.54) is 7.11 Å². The second-order valence-corrected chi connectivity index (χ2v) is 4.29. The number of Topliss-reactive ketones (excluding diaryl/α,β-unsaturated/α-hetero) is 1. The third kappa shape index (κ3) is 1.16. The van der Waals surface area contributed by atoms with Crippen molar-refractivity contribution >= 4 is 11.5 Å². The van der Waals surface area contributed by atoms with Crippen LogP contribution >= 0.6 is 0 Å². The molecule has 4 nitrogen and oxygen atoms in total. The molecule has 84 valence electrons. The van der Waals surface area contributed by atoms with Gasteiger partial charge >= 0.3 is 0 Å². The van der Waals surface area contributed by atoms with Crippen LogP contribution in [0.1, 0.15) is 29.8 Å². The Morgan fingerprint density at radius 2 is 2.06 bits per heavy atom. The monoisotopic (exact) mass is 219 g/mol. The average molecular weight is 219 g/mol. The van der Waals surface area contributed by atoms with E-state index in [2.05, 4.69) is 5.16 Å². The van der Waals surface area contributed by atoms with Gasteiger partial charge in [-0.15, -0.1) is 0 Å². The van der Waals surface area contributed by atoms with Gasteiger partial charge in [-0.3, -0.25) is 4.79 Å². The van der Waals surface area contributed by atoms with E-state index >= 15 is 0 Å². The molecule has 0 radical (unpaired) electrons. The number of ketones is 1. The summed E-state index contributed by atoms with van der Waals surface area (Å²) in [6.45, 7) is 3.70. The molecular formula is C12H13NO3. The van der Waals surface area contributed by atoms with Gasteiger partial charge in [0.05, 0.1) is 12.7 Å². The maximum absolute atomic E-state index is 12.1. The van der Waals surface area contributed by atoms with Gasteiger partial charge in [0.1, 0.15) is 11.5 Å². The molecule has 0 aliphatic heterocycles. The first kappa shape index (κ1) is 10.7. The highest BCUT2D eigenvalue weighted by Gasteiger charge is 2.44. The summed E-state index contributed by atoms with van der Waals surface area (Å²) in [5.74, 6) is 0.258. The van der Waals surface area contributed by atoms with E-state index in [1.807, 2.05) is 26.0 Å². The molecule has 4 heteroatoms. The number of benzene rings is 1. The Bertz CT molecular complexity index is 489. The van der Waals surface area contributed by atoms with Crippen molar-refractivity contribution in [2.24, 2.45) is 5.16 Å². The van der Waals surface area contributed by atoms with Crippen molar-refractivity contribution in [2.75, 3.05) is 7.11 Å². The summed E-state index contributed by atoms with van der Waals surface area (Å²) < 4.78 is 5.16. The highest BCUT2D eigenvalue weighted by atomic mass is 16.5. The second-order valence-electron chi connectivity index (χ2n) is 4.29. The minimum absolute atomic E-state index is 0.159. The number of ether oxygens (including phenoxy) is 1. The molecule has 0 amide bonds. The molecule has 0 saturated carbocycles. The molecule has 0 unspecified atom stereocenters. The molecule has 1 N–H and O–H groups in total. The van der Waals surface area contributed by atoms with Gasteiger partial charge in [0.15, 0.2) is 0 Å². The number of carbonyl (C=O) groups excluding carboxylic acids is 1. The van der Waals surface area contributed by atoms with Crippen LogP contribution in [-0.2, 0) is 5.41 Å². The van der Waals surface area contributed by atoms with Gasteiger partial charge in [0, 0.05) is 5.41 Å². The van der Waals surface area contributed by atoms with Crippen LogP contribution in [0.3, 0.4) is 0 Å². The van der Waals surface area contributed by atoms with Gasteiger partial charge in [0.2, 0.25) is 5.78 Å². The fraction of sp³-hybridized carbons (Fsp3) is 0.333. The van der Waals surface area contributed by atoms with Crippen LogP contribution < -0.4 is 4.74 Å². The maximum Gasteiger partial charge on any atom is 0.215 e. The van der Waals surface area contributed by atoms with Crippen LogP contribution in [0, 0.1) is 0 Å². The van der Waals surface area contributed by atoms with Crippen molar-refractivity contribution in [2.45, 2.75) is 19.3 Å². The molecule has 1 aliphatic carbocycles. The second kappa shape index (κ2) is 3.33. The van der Waals surface area contributed by atoms with Crippen molar-refractivity contribution in [3.8, 4) is 5.75 Å². The molecule has 0 saturated heterocycles. The molecule has 1 aromatic rings. The number of methoxy groups -OCH3 is 1. The largest absolute Gasteiger partial charge is 0.496 e. The first-order valence-corrected chi connectivity index (χ1v) is 4.98. The molecule has 0 aromatic heterocycles. The maximum atomic E-state index is 12.1. The molecule has 0 fully saturated rings. The normalized spacial score (nSPS) is 19.9. The Morgan fingerprint density at radius 3 is 2.62 bits per heavy atom. The van der Waals surface area contributed by atoms with Gasteiger partial charge in [-0.2, -0.15) is 0 Å². The zero-order chi connectivity index (χ0) is 11.9. The van der Waals surface area contributed by atoms with Crippen LogP contribution in [0.25, 0.3) is 0 Å². The van der Waals surface area contributed by atoms with Crippen LogP contribution in [0.15, 0.2) is 23.4 Å². The quantitative estimate of drug-likeness (QED) is 0.580. The molecule has 1 aromatic carbocycles. The summed E-state index contributed by atoms with van der Waals surface area (Å²) in [5.41, 5.74) is 0.926. The van der Waals surface area contributed by atoms with Gasteiger partial charge in [-0.25, -0.2) is 0 Å². The van der Waals surface area contributed by atoms with Gasteiger partial charge in [-0.05, 0) is 25.5 Å². The SMILES string of the molecule is COc1cccc2c1C(=O)C(=NO)C2(C)C. The fourth-order valence-electron chi connectivity index (χ4n) is 2.16. The summed E-state index contributed by atoms with van der Waals surface area (Å²) in [7, 11) is 1.52. The van der Waals surface area contributed by atoms with E-state index in [9.17, 15) is 4.79 Å². The van der Waals surface area contributed by atoms with Crippen molar-refractivity contribution in [3.63, 3.8) is 0 Å². The van der Waals surface area contributed by atoms with E-state index in [4.69, 9.17) is 9.94 Å². The molecule has 0 heterocycles. The minimum atomic E-state index is -0.574. The predicted octanol–water partition coefficient (Wildman–Crippen LogP) is 2.00. The summed E-state index contributed by atoms with van der Waals surface area (Å²) in [6.07, 6.45) is 0. The van der Waals surface area contributed by atoms with Gasteiger partial charge < -0.3 is 9.94 Å². The third-order valence-electron chi connectivity index (χ3n) is 3.05. The van der Waals surface area contributed by atoms with Crippen molar-refractivity contribution in [1.29, 1.82) is 0 Å². The van der Waals surface area contributed by atoms with Crippen LogP contribution in [0.5, 0.6) is 5.75 Å². The number of oxime groups is 1. The molecule has 0 spiro atoms. The predicted molar refractivity (Wildman–Crippen MR) is 59.6 cm³/mol. The number of rotatable bonds is 1. The zero-order valence-electron chi connectivity index (χ0n) is 9.44. The standard InChI is InChI=1S/C12H13NO3/c1-12(2)7-5-4-6-8(16-3)9(7)10(14)11(12)13-15/h4-6,15H,1-3H3. The Kier molecular flexibility index (Phi) is 2.22. The lowest BCUT2D eigenvalue weighted by molar-refractivity contribution is 0.106. The van der Waals surface area contributed by atoms with Gasteiger partial charge in [-0.1, -0.05) is 17.3 Å². The highest BCUT2D eigenvalue weighted by Crippen LogP contribution is 2.40. The molecule has 0 bridgehead atoms. The topological polar surface area (TPSA) is 58.9 Å². The first-order valence-electron chi connectivity index (χ1n) is 4.98. The molecule has 0 atom stereocenters. The Balaban J connectivity index is 2.76. The Labute approximate surface area is 93.5 Å². The fourth-order valence-corrected chi connectivity index (χ4v) is 2.16. The minimum Gasteiger partial charge on any atom is -0.496 e. The Hall–Kier alpha value is -1.84. The van der Waals surface area contributed by atoms with Crippen molar-refractivity contribution in [3.05, 3.63) is 29.3 Å². The molecule has 1 aliphatic rings. The summed E-state index contributed by atoms with van der Waals surface area (Å²) in [6, 6.07) is 5.41. The van der Waals surface area contributed by atoms with Crippen LogP contribution in [0.2, 0.25) is 0 Å². The molecule has 2 rings (SSSR count). The first-order chi connectivity index (χ1) is 7.54. The lowest BCUT2D eigenvalue weighted by atomic mass is 9.85. The number of carbonyl (C=O) groups is 1. The number of hydrogen-bond donors (Lipinski definition) is 1. The van der Waals surface area contributed by atoms with Crippen LogP contribution in [-0.4, -0.2) is 23.8 Å². The van der Waals surface area contributed by atoms with Crippen molar-refractivity contribution < 1.29 is 14.7 Å². The highest BCUT2D eigenvalue weighted by molar-refractivity contribution is 6.52. The van der Waals surface area contributed by atoms with Crippen LogP contribution in [0.4, 0.5) is 0 Å². The average Bonchev–Trinajstić information content (AvgIpc) is 2.47. The lowest BCUT2D eigenvalue weighted by Crippen LogP contribution is -2.27. The lowest BCUT2D eigenvalue weighted by Gasteiger charge is -2.17. The summed E-state index contributed by atoms with van der Waals surface area (Å²) in [5, 5.41) is 12.1. The van der Waals surface area contributed by atoms with E-state index in [0.717, 1.165) is 5.56 Å². The number of hydrogen-bond acceptors (Lipinski definition) is 4. The van der Waals surface area contributed by atoms with E-state index < -0.39 is 5.41 Å². The number of fused-ring (bicyclic) bond motifs is 1. The third-order valence-corrected chi connectivity index (χ3v) is 3.05. The summed E-state index contributed by atoms with van der Waals surface area (Å²) >= 11 is 0. The molecule has 16 heavy (non-hydrogen) atoms. The Morgan fingerprint density at radius 1 is 1.38 bits per heavy atom. The van der Waals surface area contributed by atoms with Crippen molar-refractivity contribution in [1.82, 2.24) is 0 Å². The van der Waals surface area contributed by atoms with E-state index in [-0.39, 0.29) is 11.5 Å². The van der Waals surface area contributed by atoms with E-state index in [0.29, 0.717) is 11.3 Å². The number of nitrogens with zero attached hydrogens (tertiary/aromatic N) is 1. The molecular weight excluding hydrogens is 206 g/mol. The van der Waals surface area contributed by atoms with Gasteiger partial charge in [0.25, 0.3) is 0 Å².